The summed E-state index contributed by atoms with van der Waals surface area (Å²) in [4.78, 5) is 6.66. The topological polar surface area (TPSA) is 74.2 Å². The molecule has 0 aromatic heterocycles. The zero-order valence-corrected chi connectivity index (χ0v) is 17.3. The molecule has 26 heavy (non-hydrogen) atoms. The van der Waals surface area contributed by atoms with E-state index in [1.54, 1.807) is 7.11 Å². The Morgan fingerprint density at radius 3 is 2.54 bits per heavy atom. The van der Waals surface area contributed by atoms with E-state index < -0.39 is 10.0 Å². The van der Waals surface area contributed by atoms with Gasteiger partial charge in [-0.2, -0.15) is 0 Å². The molecule has 148 valence electrons. The number of methoxy groups -OCH3 is 1. The third kappa shape index (κ3) is 7.21. The minimum atomic E-state index is -3.15. The van der Waals surface area contributed by atoms with Crippen molar-refractivity contribution in [3.05, 3.63) is 29.8 Å². The van der Waals surface area contributed by atoms with Crippen LogP contribution in [0, 0.1) is 0 Å². The van der Waals surface area contributed by atoms with Gasteiger partial charge in [-0.3, -0.25) is 4.99 Å². The van der Waals surface area contributed by atoms with Gasteiger partial charge < -0.3 is 15.0 Å². The van der Waals surface area contributed by atoms with E-state index in [0.717, 1.165) is 23.8 Å². The molecule has 0 unspecified atom stereocenters. The van der Waals surface area contributed by atoms with Gasteiger partial charge in [0.1, 0.15) is 5.75 Å². The Bertz CT molecular complexity index is 677. The van der Waals surface area contributed by atoms with Crippen molar-refractivity contribution in [2.75, 3.05) is 46.6 Å². The molecule has 1 rings (SSSR count). The Hall–Kier alpha value is -1.80. The molecule has 0 aliphatic heterocycles. The maximum absolute atomic E-state index is 11.6. The standard InChI is InChI=1S/C18H32N4O3S/c1-6-19-18(20-13-10-14-22(7-2)26(5,23)24)21(3)15-16-11-8-9-12-17(16)25-4/h8-9,11-12H,6-7,10,13-15H2,1-5H3,(H,19,20). The molecule has 7 nitrogen and oxygen atoms in total. The SMILES string of the molecule is CCNC(=NCCCN(CC)S(C)(=O)=O)N(C)Cc1ccccc1OC. The highest BCUT2D eigenvalue weighted by Gasteiger charge is 2.13. The van der Waals surface area contributed by atoms with Crippen LogP contribution in [0.5, 0.6) is 5.75 Å². The van der Waals surface area contributed by atoms with Crippen LogP contribution >= 0.6 is 0 Å². The smallest absolute Gasteiger partial charge is 0.211 e. The Morgan fingerprint density at radius 1 is 1.27 bits per heavy atom. The van der Waals surface area contributed by atoms with Crippen LogP contribution < -0.4 is 10.1 Å². The van der Waals surface area contributed by atoms with E-state index in [2.05, 4.69) is 10.3 Å². The normalized spacial score (nSPS) is 12.3. The van der Waals surface area contributed by atoms with Gasteiger partial charge in [0.2, 0.25) is 10.0 Å². The maximum atomic E-state index is 11.6. The summed E-state index contributed by atoms with van der Waals surface area (Å²) in [6.07, 6.45) is 1.92. The van der Waals surface area contributed by atoms with Crippen LogP contribution in [-0.2, 0) is 16.6 Å². The van der Waals surface area contributed by atoms with E-state index >= 15 is 0 Å². The van der Waals surface area contributed by atoms with Crippen LogP contribution in [0.2, 0.25) is 0 Å². The molecule has 0 fully saturated rings. The van der Waals surface area contributed by atoms with Crippen molar-refractivity contribution in [3.63, 3.8) is 0 Å². The molecule has 0 heterocycles. The van der Waals surface area contributed by atoms with Gasteiger partial charge in [-0.1, -0.05) is 25.1 Å². The second-order valence-corrected chi connectivity index (χ2v) is 7.99. The molecular formula is C18H32N4O3S. The van der Waals surface area contributed by atoms with Crippen molar-refractivity contribution in [1.29, 1.82) is 0 Å². The molecule has 0 atom stereocenters. The summed E-state index contributed by atoms with van der Waals surface area (Å²) < 4.78 is 30.1. The number of para-hydroxylation sites is 1. The van der Waals surface area contributed by atoms with Crippen LogP contribution in [0.3, 0.4) is 0 Å². The lowest BCUT2D eigenvalue weighted by atomic mass is 10.2. The molecule has 0 aliphatic rings. The molecule has 1 N–H and O–H groups in total. The second kappa shape index (κ2) is 11.0. The van der Waals surface area contributed by atoms with E-state index in [9.17, 15) is 8.42 Å². The quantitative estimate of drug-likeness (QED) is 0.378. The highest BCUT2D eigenvalue weighted by Crippen LogP contribution is 2.18. The molecular weight excluding hydrogens is 352 g/mol. The Morgan fingerprint density at radius 2 is 1.96 bits per heavy atom. The molecule has 0 amide bonds. The zero-order chi connectivity index (χ0) is 19.6. The fourth-order valence-corrected chi connectivity index (χ4v) is 3.55. The summed E-state index contributed by atoms with van der Waals surface area (Å²) in [5.74, 6) is 1.64. The van der Waals surface area contributed by atoms with Crippen molar-refractivity contribution < 1.29 is 13.2 Å². The third-order valence-corrected chi connectivity index (χ3v) is 5.32. The summed E-state index contributed by atoms with van der Waals surface area (Å²) in [6, 6.07) is 7.91. The van der Waals surface area contributed by atoms with Crippen molar-refractivity contribution in [3.8, 4) is 5.75 Å². The zero-order valence-electron chi connectivity index (χ0n) is 16.5. The lowest BCUT2D eigenvalue weighted by molar-refractivity contribution is 0.395. The molecule has 1 aromatic rings. The molecule has 0 saturated heterocycles. The molecule has 0 radical (unpaired) electrons. The average molecular weight is 385 g/mol. The minimum Gasteiger partial charge on any atom is -0.496 e. The lowest BCUT2D eigenvalue weighted by Gasteiger charge is -2.23. The molecule has 0 aliphatic carbocycles. The van der Waals surface area contributed by atoms with Gasteiger partial charge in [-0.05, 0) is 19.4 Å². The summed E-state index contributed by atoms with van der Waals surface area (Å²) in [5.41, 5.74) is 1.08. The first-order valence-electron chi connectivity index (χ1n) is 8.89. The van der Waals surface area contributed by atoms with Crippen molar-refractivity contribution in [2.45, 2.75) is 26.8 Å². The Kier molecular flexibility index (Phi) is 9.43. The summed E-state index contributed by atoms with van der Waals surface area (Å²) in [5, 5.41) is 3.28. The van der Waals surface area contributed by atoms with Gasteiger partial charge in [0, 0.05) is 45.3 Å². The number of rotatable bonds is 10. The number of aliphatic imine (C=N–C) groups is 1. The fourth-order valence-electron chi connectivity index (χ4n) is 2.62. The number of nitrogens with one attached hydrogen (secondary N) is 1. The average Bonchev–Trinajstić information content (AvgIpc) is 2.60. The van der Waals surface area contributed by atoms with Gasteiger partial charge in [0.05, 0.1) is 13.4 Å². The highest BCUT2D eigenvalue weighted by atomic mass is 32.2. The van der Waals surface area contributed by atoms with Crippen LogP contribution in [0.4, 0.5) is 0 Å². The first kappa shape index (κ1) is 22.2. The third-order valence-electron chi connectivity index (χ3n) is 3.95. The van der Waals surface area contributed by atoms with Gasteiger partial charge in [-0.15, -0.1) is 0 Å². The Labute approximate surface area is 158 Å². The van der Waals surface area contributed by atoms with E-state index in [0.29, 0.717) is 32.6 Å². The number of nitrogens with zero attached hydrogens (tertiary/aromatic N) is 3. The summed E-state index contributed by atoms with van der Waals surface area (Å²) >= 11 is 0. The number of guanidine groups is 1. The van der Waals surface area contributed by atoms with E-state index in [1.807, 2.05) is 50.1 Å². The molecule has 0 spiro atoms. The number of sulfonamides is 1. The highest BCUT2D eigenvalue weighted by molar-refractivity contribution is 7.88. The van der Waals surface area contributed by atoms with Crippen molar-refractivity contribution in [2.24, 2.45) is 4.99 Å². The first-order chi connectivity index (χ1) is 12.3. The summed E-state index contributed by atoms with van der Waals surface area (Å²) in [6.45, 7) is 6.82. The van der Waals surface area contributed by atoms with Gasteiger partial charge in [-0.25, -0.2) is 12.7 Å². The lowest BCUT2D eigenvalue weighted by Crippen LogP contribution is -2.38. The van der Waals surface area contributed by atoms with E-state index in [4.69, 9.17) is 4.74 Å². The predicted molar refractivity (Wildman–Crippen MR) is 107 cm³/mol. The largest absolute Gasteiger partial charge is 0.496 e. The van der Waals surface area contributed by atoms with Gasteiger partial charge in [0.25, 0.3) is 0 Å². The number of benzene rings is 1. The second-order valence-electron chi connectivity index (χ2n) is 6.01. The first-order valence-corrected chi connectivity index (χ1v) is 10.7. The van der Waals surface area contributed by atoms with E-state index in [-0.39, 0.29) is 0 Å². The molecule has 0 bridgehead atoms. The molecule has 1 aromatic carbocycles. The number of ether oxygens (including phenoxy) is 1. The Balaban J connectivity index is 2.70. The molecule has 8 heteroatoms. The number of hydrogen-bond donors (Lipinski definition) is 1. The van der Waals surface area contributed by atoms with Crippen LogP contribution in [-0.4, -0.2) is 70.2 Å². The van der Waals surface area contributed by atoms with Crippen LogP contribution in [0.1, 0.15) is 25.8 Å². The van der Waals surface area contributed by atoms with Crippen molar-refractivity contribution >= 4 is 16.0 Å². The monoisotopic (exact) mass is 384 g/mol. The van der Waals surface area contributed by atoms with E-state index in [1.165, 1.54) is 10.6 Å². The molecule has 0 saturated carbocycles. The maximum Gasteiger partial charge on any atom is 0.211 e. The number of hydrogen-bond acceptors (Lipinski definition) is 4. The predicted octanol–water partition coefficient (Wildman–Crippen LogP) is 1.76. The fraction of sp³-hybridized carbons (Fsp3) is 0.611. The minimum absolute atomic E-state index is 0.481. The van der Waals surface area contributed by atoms with Gasteiger partial charge >= 0.3 is 0 Å². The van der Waals surface area contributed by atoms with Crippen LogP contribution in [0.15, 0.2) is 29.3 Å². The van der Waals surface area contributed by atoms with Gasteiger partial charge in [0.15, 0.2) is 5.96 Å². The summed E-state index contributed by atoms with van der Waals surface area (Å²) in [7, 11) is 0.495. The van der Waals surface area contributed by atoms with Crippen LogP contribution in [0.25, 0.3) is 0 Å². The van der Waals surface area contributed by atoms with Crippen molar-refractivity contribution in [1.82, 2.24) is 14.5 Å².